The van der Waals surface area contributed by atoms with Gasteiger partial charge in [-0.05, 0) is 28.1 Å². The molecule has 0 heterocycles. The molecule has 0 unspecified atom stereocenters. The molecule has 0 aliphatic carbocycles. The van der Waals surface area contributed by atoms with Gasteiger partial charge in [-0.2, -0.15) is 4.72 Å². The van der Waals surface area contributed by atoms with E-state index in [4.69, 9.17) is 12.2 Å². The van der Waals surface area contributed by atoms with Crippen molar-refractivity contribution in [2.75, 3.05) is 12.3 Å². The van der Waals surface area contributed by atoms with Gasteiger partial charge in [-0.3, -0.25) is 0 Å². The molecule has 0 atom stereocenters. The fourth-order valence-corrected chi connectivity index (χ4v) is 2.95. The van der Waals surface area contributed by atoms with Crippen LogP contribution in [-0.4, -0.2) is 15.0 Å². The lowest BCUT2D eigenvalue weighted by molar-refractivity contribution is 0.584. The molecule has 0 radical (unpaired) electrons. The van der Waals surface area contributed by atoms with Gasteiger partial charge in [0.05, 0.1) is 17.1 Å². The van der Waals surface area contributed by atoms with Gasteiger partial charge in [-0.1, -0.05) is 5.92 Å². The molecule has 0 amide bonds. The first kappa shape index (κ1) is 13.0. The zero-order valence-corrected chi connectivity index (χ0v) is 10.4. The van der Waals surface area contributed by atoms with E-state index >= 15 is 0 Å². The molecule has 86 valence electrons. The number of nitrogen functional groups attached to an aromatic ring is 1. The molecule has 3 N–H and O–H groups in total. The molecule has 0 aliphatic rings. The summed E-state index contributed by atoms with van der Waals surface area (Å²) in [6, 6.07) is 2.01. The Morgan fingerprint density at radius 1 is 1.56 bits per heavy atom. The van der Waals surface area contributed by atoms with Crippen molar-refractivity contribution >= 4 is 31.6 Å². The van der Waals surface area contributed by atoms with Crippen LogP contribution in [0.5, 0.6) is 0 Å². The summed E-state index contributed by atoms with van der Waals surface area (Å²) in [5.74, 6) is 1.44. The number of rotatable bonds is 3. The summed E-state index contributed by atoms with van der Waals surface area (Å²) < 4.78 is 38.5. The fraction of sp³-hybridized carbons (Fsp3) is 0.111. The largest absolute Gasteiger partial charge is 0.396 e. The van der Waals surface area contributed by atoms with Crippen molar-refractivity contribution in [3.05, 3.63) is 22.4 Å². The zero-order chi connectivity index (χ0) is 12.3. The van der Waals surface area contributed by atoms with Crippen LogP contribution in [0.4, 0.5) is 10.1 Å². The molecule has 0 spiro atoms. The number of sulfonamides is 1. The van der Waals surface area contributed by atoms with E-state index in [2.05, 4.69) is 26.6 Å². The topological polar surface area (TPSA) is 72.2 Å². The Balaban J connectivity index is 3.24. The maximum absolute atomic E-state index is 13.0. The SMILES string of the molecule is C#CCNS(=O)(=O)c1cc(N)c(F)cc1Br. The quantitative estimate of drug-likeness (QED) is 0.648. The van der Waals surface area contributed by atoms with Gasteiger partial charge in [0, 0.05) is 4.47 Å². The second-order valence-corrected chi connectivity index (χ2v) is 5.42. The van der Waals surface area contributed by atoms with Crippen molar-refractivity contribution in [1.29, 1.82) is 0 Å². The number of hydrogen-bond donors (Lipinski definition) is 2. The maximum Gasteiger partial charge on any atom is 0.242 e. The Bertz CT molecular complexity index is 551. The lowest BCUT2D eigenvalue weighted by atomic mass is 10.3. The highest BCUT2D eigenvalue weighted by Gasteiger charge is 2.18. The molecule has 1 aromatic rings. The molecule has 1 rings (SSSR count). The second kappa shape index (κ2) is 4.82. The van der Waals surface area contributed by atoms with Gasteiger partial charge in [0.15, 0.2) is 0 Å². The maximum atomic E-state index is 13.0. The number of terminal acetylenes is 1. The molecule has 1 aromatic carbocycles. The normalized spacial score (nSPS) is 11.1. The highest BCUT2D eigenvalue weighted by atomic mass is 79.9. The third-order valence-corrected chi connectivity index (χ3v) is 4.06. The first-order valence-corrected chi connectivity index (χ1v) is 6.33. The van der Waals surface area contributed by atoms with Crippen LogP contribution in [0, 0.1) is 18.2 Å². The predicted octanol–water partition coefficient (Wildman–Crippen LogP) is 1.08. The molecule has 0 saturated carbocycles. The smallest absolute Gasteiger partial charge is 0.242 e. The summed E-state index contributed by atoms with van der Waals surface area (Å²) in [5, 5.41) is 0. The molecule has 4 nitrogen and oxygen atoms in total. The molecule has 0 aliphatic heterocycles. The van der Waals surface area contributed by atoms with Crippen molar-refractivity contribution in [2.45, 2.75) is 4.90 Å². The zero-order valence-electron chi connectivity index (χ0n) is 8.00. The van der Waals surface area contributed by atoms with E-state index in [1.165, 1.54) is 0 Å². The Morgan fingerprint density at radius 3 is 2.75 bits per heavy atom. The minimum Gasteiger partial charge on any atom is -0.396 e. The third kappa shape index (κ3) is 2.72. The number of anilines is 1. The van der Waals surface area contributed by atoms with Gasteiger partial charge in [0.2, 0.25) is 10.0 Å². The standard InChI is InChI=1S/C9H8BrFN2O2S/c1-2-3-13-16(14,15)9-5-8(12)7(11)4-6(9)10/h1,4-5,13H,3,12H2. The minimum atomic E-state index is -3.78. The van der Waals surface area contributed by atoms with E-state index in [0.717, 1.165) is 12.1 Å². The summed E-state index contributed by atoms with van der Waals surface area (Å²) in [4.78, 5) is -0.151. The van der Waals surface area contributed by atoms with Crippen LogP contribution in [0.25, 0.3) is 0 Å². The molecular weight excluding hydrogens is 299 g/mol. The molecule has 0 aromatic heterocycles. The fourth-order valence-electron chi connectivity index (χ4n) is 0.965. The van der Waals surface area contributed by atoms with Crippen molar-refractivity contribution < 1.29 is 12.8 Å². The molecule has 0 saturated heterocycles. The van der Waals surface area contributed by atoms with Crippen molar-refractivity contribution in [1.82, 2.24) is 4.72 Å². The highest BCUT2D eigenvalue weighted by molar-refractivity contribution is 9.10. The predicted molar refractivity (Wildman–Crippen MR) is 62.5 cm³/mol. The van der Waals surface area contributed by atoms with Crippen LogP contribution >= 0.6 is 15.9 Å². The van der Waals surface area contributed by atoms with E-state index in [1.807, 2.05) is 0 Å². The Kier molecular flexibility index (Phi) is 3.91. The third-order valence-electron chi connectivity index (χ3n) is 1.70. The van der Waals surface area contributed by atoms with Crippen LogP contribution in [0.3, 0.4) is 0 Å². The average Bonchev–Trinajstić information content (AvgIpc) is 2.20. The second-order valence-electron chi connectivity index (χ2n) is 2.83. The number of benzene rings is 1. The highest BCUT2D eigenvalue weighted by Crippen LogP contribution is 2.26. The van der Waals surface area contributed by atoms with Crippen LogP contribution in [0.15, 0.2) is 21.5 Å². The summed E-state index contributed by atoms with van der Waals surface area (Å²) in [7, 11) is -3.78. The summed E-state index contributed by atoms with van der Waals surface area (Å²) in [5.41, 5.74) is 5.04. The van der Waals surface area contributed by atoms with Gasteiger partial charge in [-0.25, -0.2) is 12.8 Å². The van der Waals surface area contributed by atoms with Gasteiger partial charge in [0.1, 0.15) is 5.82 Å². The monoisotopic (exact) mass is 306 g/mol. The van der Waals surface area contributed by atoms with Crippen molar-refractivity contribution in [3.63, 3.8) is 0 Å². The first-order valence-electron chi connectivity index (χ1n) is 4.06. The van der Waals surface area contributed by atoms with Gasteiger partial charge >= 0.3 is 0 Å². The Morgan fingerprint density at radius 2 is 2.19 bits per heavy atom. The minimum absolute atomic E-state index is 0.0868. The molecule has 7 heteroatoms. The summed E-state index contributed by atoms with van der Waals surface area (Å²) in [6.45, 7) is -0.147. The number of hydrogen-bond acceptors (Lipinski definition) is 3. The van der Waals surface area contributed by atoms with Crippen LogP contribution in [0.1, 0.15) is 0 Å². The molecule has 0 bridgehead atoms. The Labute approximate surface area is 101 Å². The van der Waals surface area contributed by atoms with E-state index in [-0.39, 0.29) is 21.6 Å². The molecule has 0 fully saturated rings. The number of nitrogens with one attached hydrogen (secondary N) is 1. The van der Waals surface area contributed by atoms with Crippen molar-refractivity contribution in [2.24, 2.45) is 0 Å². The summed E-state index contributed by atoms with van der Waals surface area (Å²) in [6.07, 6.45) is 4.93. The van der Waals surface area contributed by atoms with Gasteiger partial charge < -0.3 is 5.73 Å². The Hall–Kier alpha value is -1.10. The van der Waals surface area contributed by atoms with E-state index in [9.17, 15) is 12.8 Å². The number of nitrogens with two attached hydrogens (primary N) is 1. The van der Waals surface area contributed by atoms with E-state index in [0.29, 0.717) is 0 Å². The van der Waals surface area contributed by atoms with E-state index in [1.54, 1.807) is 0 Å². The molecular formula is C9H8BrFN2O2S. The molecule has 16 heavy (non-hydrogen) atoms. The van der Waals surface area contributed by atoms with Crippen LogP contribution in [0.2, 0.25) is 0 Å². The van der Waals surface area contributed by atoms with Crippen molar-refractivity contribution in [3.8, 4) is 12.3 Å². The lowest BCUT2D eigenvalue weighted by Crippen LogP contribution is -2.24. The first-order chi connectivity index (χ1) is 7.38. The van der Waals surface area contributed by atoms with Gasteiger partial charge in [-0.15, -0.1) is 6.42 Å². The lowest BCUT2D eigenvalue weighted by Gasteiger charge is -2.07. The summed E-state index contributed by atoms with van der Waals surface area (Å²) >= 11 is 2.94. The van der Waals surface area contributed by atoms with Crippen LogP contribution in [-0.2, 0) is 10.0 Å². The average molecular weight is 307 g/mol. The van der Waals surface area contributed by atoms with Gasteiger partial charge in [0.25, 0.3) is 0 Å². The number of halogens is 2. The van der Waals surface area contributed by atoms with Crippen LogP contribution < -0.4 is 10.5 Å². The van der Waals surface area contributed by atoms with E-state index < -0.39 is 15.8 Å².